The third kappa shape index (κ3) is 4.34. The normalized spacial score (nSPS) is 17.6. The van der Waals surface area contributed by atoms with Gasteiger partial charge < -0.3 is 15.0 Å². The van der Waals surface area contributed by atoms with Crippen LogP contribution in [-0.2, 0) is 10.9 Å². The lowest BCUT2D eigenvalue weighted by molar-refractivity contribution is -0.388. The maximum absolute atomic E-state index is 12.9. The van der Waals surface area contributed by atoms with E-state index in [9.17, 15) is 28.1 Å². The third-order valence-corrected chi connectivity index (χ3v) is 3.65. The molecule has 2 rings (SSSR count). The molecular formula is C14H16F3N3O4. The van der Waals surface area contributed by atoms with Gasteiger partial charge >= 0.3 is 12.2 Å². The van der Waals surface area contributed by atoms with Crippen LogP contribution in [0.15, 0.2) is 18.2 Å². The Labute approximate surface area is 135 Å². The van der Waals surface area contributed by atoms with E-state index < -0.39 is 28.4 Å². The van der Waals surface area contributed by atoms with Crippen LogP contribution in [0.2, 0.25) is 0 Å². The van der Waals surface area contributed by atoms with Crippen LogP contribution in [0.3, 0.4) is 0 Å². The van der Waals surface area contributed by atoms with Gasteiger partial charge in [-0.1, -0.05) is 0 Å². The number of carbonyl (C=O) groups excluding carboxylic acids is 1. The summed E-state index contributed by atoms with van der Waals surface area (Å²) in [6.45, 7) is 1.57. The van der Waals surface area contributed by atoms with Gasteiger partial charge in [0, 0.05) is 37.9 Å². The van der Waals surface area contributed by atoms with Crippen LogP contribution in [0, 0.1) is 16.0 Å². The molecule has 1 atom stereocenters. The second kappa shape index (κ2) is 7.04. The van der Waals surface area contributed by atoms with Gasteiger partial charge in [0.1, 0.15) is 5.56 Å². The van der Waals surface area contributed by atoms with E-state index in [1.54, 1.807) is 0 Å². The number of hydrogen-bond donors (Lipinski definition) is 1. The SMILES string of the molecule is CN(CC1CCOC1)C(=O)Nc1ccc([N+](=O)[O-])c(C(F)(F)F)c1. The van der Waals surface area contributed by atoms with Crippen molar-refractivity contribution in [3.05, 3.63) is 33.9 Å². The fourth-order valence-electron chi connectivity index (χ4n) is 2.42. The predicted molar refractivity (Wildman–Crippen MR) is 78.7 cm³/mol. The molecule has 0 bridgehead atoms. The zero-order chi connectivity index (χ0) is 17.9. The highest BCUT2D eigenvalue weighted by molar-refractivity contribution is 5.89. The largest absolute Gasteiger partial charge is 0.423 e. The Morgan fingerprint density at radius 1 is 1.50 bits per heavy atom. The lowest BCUT2D eigenvalue weighted by Gasteiger charge is -2.21. The van der Waals surface area contributed by atoms with Gasteiger partial charge in [0.05, 0.1) is 11.5 Å². The van der Waals surface area contributed by atoms with Gasteiger partial charge in [0.15, 0.2) is 0 Å². The molecule has 1 unspecified atom stereocenters. The highest BCUT2D eigenvalue weighted by atomic mass is 19.4. The van der Waals surface area contributed by atoms with Crippen molar-refractivity contribution >= 4 is 17.4 Å². The Kier molecular flexibility index (Phi) is 5.27. The number of nitro benzene ring substituents is 1. The Hall–Kier alpha value is -2.36. The van der Waals surface area contributed by atoms with Gasteiger partial charge in [0.2, 0.25) is 0 Å². The minimum Gasteiger partial charge on any atom is -0.381 e. The van der Waals surface area contributed by atoms with Crippen LogP contribution in [0.1, 0.15) is 12.0 Å². The number of ether oxygens (including phenoxy) is 1. The van der Waals surface area contributed by atoms with E-state index >= 15 is 0 Å². The van der Waals surface area contributed by atoms with Crippen molar-refractivity contribution in [3.8, 4) is 0 Å². The summed E-state index contributed by atoms with van der Waals surface area (Å²) in [7, 11) is 1.52. The summed E-state index contributed by atoms with van der Waals surface area (Å²) in [6.07, 6.45) is -4.08. The molecule has 1 aromatic rings. The lowest BCUT2D eigenvalue weighted by Crippen LogP contribution is -2.35. The van der Waals surface area contributed by atoms with E-state index in [4.69, 9.17) is 4.74 Å². The standard InChI is InChI=1S/C14H16F3N3O4/c1-19(7-9-4-5-24-8-9)13(21)18-10-2-3-12(20(22)23)11(6-10)14(15,16)17/h2-3,6,9H,4-5,7-8H2,1H3,(H,18,21). The monoisotopic (exact) mass is 347 g/mol. The van der Waals surface area contributed by atoms with Gasteiger partial charge in [-0.15, -0.1) is 0 Å². The Morgan fingerprint density at radius 3 is 2.75 bits per heavy atom. The highest BCUT2D eigenvalue weighted by Gasteiger charge is 2.38. The molecule has 1 N–H and O–H groups in total. The third-order valence-electron chi connectivity index (χ3n) is 3.65. The smallest absolute Gasteiger partial charge is 0.381 e. The minimum atomic E-state index is -4.89. The fourth-order valence-corrected chi connectivity index (χ4v) is 2.42. The predicted octanol–water partition coefficient (Wildman–Crippen LogP) is 3.11. The maximum Gasteiger partial charge on any atom is 0.423 e. The average Bonchev–Trinajstić information content (AvgIpc) is 2.98. The molecule has 0 aliphatic carbocycles. The number of rotatable bonds is 4. The summed E-state index contributed by atoms with van der Waals surface area (Å²) in [5.74, 6) is 0.184. The fraction of sp³-hybridized carbons (Fsp3) is 0.500. The van der Waals surface area contributed by atoms with Crippen LogP contribution in [0.4, 0.5) is 29.3 Å². The summed E-state index contributed by atoms with van der Waals surface area (Å²) in [5, 5.41) is 13.0. The number of halogens is 3. The number of hydrogen-bond acceptors (Lipinski definition) is 4. The molecule has 0 saturated carbocycles. The number of nitro groups is 1. The molecule has 7 nitrogen and oxygen atoms in total. The minimum absolute atomic E-state index is 0.160. The molecule has 1 aliphatic rings. The quantitative estimate of drug-likeness (QED) is 0.670. The first kappa shape index (κ1) is 18.0. The van der Waals surface area contributed by atoms with E-state index in [1.807, 2.05) is 0 Å². The van der Waals surface area contributed by atoms with Crippen LogP contribution in [0.5, 0.6) is 0 Å². The van der Waals surface area contributed by atoms with E-state index in [0.717, 1.165) is 18.6 Å². The summed E-state index contributed by atoms with van der Waals surface area (Å²) < 4.78 is 43.9. The van der Waals surface area contributed by atoms with Gasteiger partial charge in [-0.2, -0.15) is 13.2 Å². The molecule has 132 valence electrons. The highest BCUT2D eigenvalue weighted by Crippen LogP contribution is 2.37. The molecule has 2 amide bonds. The number of nitrogens with one attached hydrogen (secondary N) is 1. The number of carbonyl (C=O) groups is 1. The maximum atomic E-state index is 12.9. The number of amides is 2. The van der Waals surface area contributed by atoms with Crippen LogP contribution in [0.25, 0.3) is 0 Å². The van der Waals surface area contributed by atoms with Crippen molar-refractivity contribution in [1.29, 1.82) is 0 Å². The number of benzene rings is 1. The van der Waals surface area contributed by atoms with Crippen LogP contribution < -0.4 is 5.32 Å². The van der Waals surface area contributed by atoms with Gasteiger partial charge in [-0.25, -0.2) is 4.79 Å². The summed E-state index contributed by atoms with van der Waals surface area (Å²) in [5.41, 5.74) is -2.62. The number of urea groups is 1. The molecule has 24 heavy (non-hydrogen) atoms. The van der Waals surface area contributed by atoms with Crippen molar-refractivity contribution in [3.63, 3.8) is 0 Å². The molecule has 0 radical (unpaired) electrons. The molecule has 1 fully saturated rings. The zero-order valence-corrected chi connectivity index (χ0v) is 12.8. The summed E-state index contributed by atoms with van der Waals surface area (Å²) in [6, 6.07) is 1.76. The Morgan fingerprint density at radius 2 is 2.21 bits per heavy atom. The first-order valence-corrected chi connectivity index (χ1v) is 7.14. The first-order chi connectivity index (χ1) is 11.2. The van der Waals surface area contributed by atoms with E-state index in [2.05, 4.69) is 5.32 Å². The van der Waals surface area contributed by atoms with E-state index in [0.29, 0.717) is 25.8 Å². The van der Waals surface area contributed by atoms with Crippen molar-refractivity contribution in [2.24, 2.45) is 5.92 Å². The summed E-state index contributed by atoms with van der Waals surface area (Å²) >= 11 is 0. The molecule has 1 saturated heterocycles. The molecule has 1 aromatic carbocycles. The molecule has 0 spiro atoms. The molecule has 0 aromatic heterocycles. The van der Waals surface area contributed by atoms with Crippen molar-refractivity contribution in [2.75, 3.05) is 32.1 Å². The Bertz CT molecular complexity index is 630. The molecular weight excluding hydrogens is 331 g/mol. The second-order valence-corrected chi connectivity index (χ2v) is 5.53. The lowest BCUT2D eigenvalue weighted by atomic mass is 10.1. The van der Waals surface area contributed by atoms with Gasteiger partial charge in [-0.3, -0.25) is 10.1 Å². The van der Waals surface area contributed by atoms with Gasteiger partial charge in [0.25, 0.3) is 5.69 Å². The molecule has 1 heterocycles. The summed E-state index contributed by atoms with van der Waals surface area (Å²) in [4.78, 5) is 23.0. The van der Waals surface area contributed by atoms with E-state index in [1.165, 1.54) is 11.9 Å². The van der Waals surface area contributed by atoms with Gasteiger partial charge in [-0.05, 0) is 18.6 Å². The van der Waals surface area contributed by atoms with E-state index in [-0.39, 0.29) is 11.6 Å². The number of nitrogens with zero attached hydrogens (tertiary/aromatic N) is 2. The first-order valence-electron chi connectivity index (χ1n) is 7.14. The van der Waals surface area contributed by atoms with Crippen molar-refractivity contribution < 1.29 is 27.6 Å². The van der Waals surface area contributed by atoms with Crippen molar-refractivity contribution in [2.45, 2.75) is 12.6 Å². The topological polar surface area (TPSA) is 84.7 Å². The number of alkyl halides is 3. The zero-order valence-electron chi connectivity index (χ0n) is 12.8. The Balaban J connectivity index is 2.11. The average molecular weight is 347 g/mol. The molecule has 1 aliphatic heterocycles. The van der Waals surface area contributed by atoms with Crippen molar-refractivity contribution in [1.82, 2.24) is 4.90 Å². The second-order valence-electron chi connectivity index (χ2n) is 5.53. The molecule has 10 heteroatoms. The number of anilines is 1. The van der Waals surface area contributed by atoms with Crippen LogP contribution in [-0.4, -0.2) is 42.7 Å². The van der Waals surface area contributed by atoms with Crippen LogP contribution >= 0.6 is 0 Å².